The van der Waals surface area contributed by atoms with E-state index in [1.807, 2.05) is 18.2 Å². The fraction of sp³-hybridized carbons (Fsp3) is 0.296. The number of pyridine rings is 1. The first-order chi connectivity index (χ1) is 18.5. The van der Waals surface area contributed by atoms with E-state index < -0.39 is 0 Å². The molecule has 0 unspecified atom stereocenters. The number of aromatic nitrogens is 2. The lowest BCUT2D eigenvalue weighted by molar-refractivity contribution is 0.103. The van der Waals surface area contributed by atoms with Gasteiger partial charge in [0.2, 0.25) is 0 Å². The van der Waals surface area contributed by atoms with E-state index in [0.717, 1.165) is 32.1 Å². The first-order valence-electron chi connectivity index (χ1n) is 12.2. The normalized spacial score (nSPS) is 13.1. The minimum Gasteiger partial charge on any atom is -0.493 e. The molecule has 1 fully saturated rings. The molecule has 1 aliphatic rings. The summed E-state index contributed by atoms with van der Waals surface area (Å²) in [5, 5.41) is 13.3. The SMILES string of the molecule is CNC(=O)n1ccc2cc(Oc3ccnc(NC(=O)c4ccc(CN5CCCC5)s4)c3)c(OC)cc21.CO. The Morgan fingerprint density at radius 1 is 1.08 bits per heavy atom. The highest BCUT2D eigenvalue weighted by Crippen LogP contribution is 2.36. The van der Waals surface area contributed by atoms with Gasteiger partial charge in [-0.1, -0.05) is 0 Å². The number of likely N-dealkylation sites (tertiary alicyclic amines) is 1. The van der Waals surface area contributed by atoms with Crippen LogP contribution in [0.4, 0.5) is 10.6 Å². The van der Waals surface area contributed by atoms with Gasteiger partial charge in [-0.2, -0.15) is 0 Å². The Balaban J connectivity index is 0.00000164. The van der Waals surface area contributed by atoms with E-state index in [2.05, 4.69) is 20.5 Å². The van der Waals surface area contributed by atoms with Crippen LogP contribution in [-0.4, -0.2) is 65.9 Å². The lowest BCUT2D eigenvalue weighted by atomic mass is 10.2. The summed E-state index contributed by atoms with van der Waals surface area (Å²) >= 11 is 1.51. The van der Waals surface area contributed by atoms with Gasteiger partial charge < -0.3 is 25.2 Å². The van der Waals surface area contributed by atoms with Crippen LogP contribution >= 0.6 is 11.3 Å². The number of carbonyl (C=O) groups is 2. The average molecular weight is 538 g/mol. The van der Waals surface area contributed by atoms with Gasteiger partial charge in [0, 0.05) is 55.5 Å². The Kier molecular flexibility index (Phi) is 8.95. The van der Waals surface area contributed by atoms with Gasteiger partial charge in [-0.15, -0.1) is 11.3 Å². The minimum atomic E-state index is -0.246. The topological polar surface area (TPSA) is 118 Å². The highest BCUT2D eigenvalue weighted by molar-refractivity contribution is 7.14. The molecule has 0 saturated carbocycles. The van der Waals surface area contributed by atoms with Gasteiger partial charge in [-0.05, 0) is 56.3 Å². The Morgan fingerprint density at radius 2 is 1.87 bits per heavy atom. The molecule has 0 radical (unpaired) electrons. The number of nitrogens with one attached hydrogen (secondary N) is 2. The molecular formula is C27H31N5O5S. The number of aliphatic hydroxyl groups excluding tert-OH is 1. The van der Waals surface area contributed by atoms with Gasteiger partial charge in [0.1, 0.15) is 11.6 Å². The summed E-state index contributed by atoms with van der Waals surface area (Å²) in [7, 11) is 4.12. The van der Waals surface area contributed by atoms with Crippen LogP contribution in [0.2, 0.25) is 0 Å². The first kappa shape index (κ1) is 27.1. The maximum Gasteiger partial charge on any atom is 0.325 e. The molecule has 0 bridgehead atoms. The van der Waals surface area contributed by atoms with Crippen LogP contribution in [0.15, 0.2) is 54.9 Å². The van der Waals surface area contributed by atoms with Crippen LogP contribution < -0.4 is 20.1 Å². The molecule has 1 aliphatic heterocycles. The number of aliphatic hydroxyl groups is 1. The van der Waals surface area contributed by atoms with Gasteiger partial charge in [-0.3, -0.25) is 14.3 Å². The Bertz CT molecular complexity index is 1410. The molecule has 0 atom stereocenters. The lowest BCUT2D eigenvalue weighted by Gasteiger charge is -2.13. The summed E-state index contributed by atoms with van der Waals surface area (Å²) in [4.78, 5) is 33.4. The number of thiophene rings is 1. The molecule has 0 aliphatic carbocycles. The van der Waals surface area contributed by atoms with Crippen molar-refractivity contribution in [3.63, 3.8) is 0 Å². The number of benzene rings is 1. The minimum absolute atomic E-state index is 0.202. The molecule has 5 rings (SSSR count). The summed E-state index contributed by atoms with van der Waals surface area (Å²) in [6.45, 7) is 3.12. The van der Waals surface area contributed by atoms with Gasteiger partial charge in [0.15, 0.2) is 11.5 Å². The predicted octanol–water partition coefficient (Wildman–Crippen LogP) is 4.54. The fourth-order valence-corrected chi connectivity index (χ4v) is 5.22. The third kappa shape index (κ3) is 6.13. The largest absolute Gasteiger partial charge is 0.493 e. The van der Waals surface area contributed by atoms with E-state index in [-0.39, 0.29) is 11.9 Å². The van der Waals surface area contributed by atoms with E-state index in [4.69, 9.17) is 14.6 Å². The third-order valence-corrected chi connectivity index (χ3v) is 7.14. The van der Waals surface area contributed by atoms with Crippen LogP contribution in [-0.2, 0) is 6.54 Å². The second kappa shape index (κ2) is 12.5. The number of carbonyl (C=O) groups excluding carboxylic acids is 2. The molecule has 3 aromatic heterocycles. The van der Waals surface area contributed by atoms with E-state index >= 15 is 0 Å². The predicted molar refractivity (Wildman–Crippen MR) is 148 cm³/mol. The Labute approximate surface area is 224 Å². The Morgan fingerprint density at radius 3 is 2.61 bits per heavy atom. The van der Waals surface area contributed by atoms with Crippen molar-refractivity contribution in [1.82, 2.24) is 19.8 Å². The summed E-state index contributed by atoms with van der Waals surface area (Å²) in [6, 6.07) is 12.4. The van der Waals surface area contributed by atoms with Crippen LogP contribution in [0.1, 0.15) is 27.4 Å². The van der Waals surface area contributed by atoms with Crippen LogP contribution in [0, 0.1) is 0 Å². The molecule has 11 heteroatoms. The van der Waals surface area contributed by atoms with Crippen LogP contribution in [0.3, 0.4) is 0 Å². The number of hydrogen-bond acceptors (Lipinski definition) is 8. The van der Waals surface area contributed by atoms with Crippen molar-refractivity contribution in [2.75, 3.05) is 39.7 Å². The highest BCUT2D eigenvalue weighted by atomic mass is 32.1. The van der Waals surface area contributed by atoms with Gasteiger partial charge in [0.05, 0.1) is 17.5 Å². The molecule has 4 aromatic rings. The number of rotatable bonds is 7. The van der Waals surface area contributed by atoms with Gasteiger partial charge >= 0.3 is 6.03 Å². The number of fused-ring (bicyclic) bond motifs is 1. The molecule has 0 spiro atoms. The quantitative estimate of drug-likeness (QED) is 0.317. The van der Waals surface area contributed by atoms with Crippen molar-refractivity contribution in [2.45, 2.75) is 19.4 Å². The first-order valence-corrected chi connectivity index (χ1v) is 13.0. The second-order valence-electron chi connectivity index (χ2n) is 8.48. The Hall–Kier alpha value is -3.93. The van der Waals surface area contributed by atoms with E-state index in [0.29, 0.717) is 33.5 Å². The molecule has 2 amide bonds. The van der Waals surface area contributed by atoms with Crippen LogP contribution in [0.5, 0.6) is 17.2 Å². The zero-order valence-electron chi connectivity index (χ0n) is 21.6. The summed E-state index contributed by atoms with van der Waals surface area (Å²) in [5.74, 6) is 1.63. The molecule has 3 N–H and O–H groups in total. The summed E-state index contributed by atoms with van der Waals surface area (Å²) < 4.78 is 13.1. The van der Waals surface area contributed by atoms with E-state index in [1.54, 1.807) is 50.8 Å². The number of nitrogens with zero attached hydrogens (tertiary/aromatic N) is 3. The van der Waals surface area contributed by atoms with Crippen molar-refractivity contribution in [3.8, 4) is 17.2 Å². The van der Waals surface area contributed by atoms with Gasteiger partial charge in [-0.25, -0.2) is 9.78 Å². The monoisotopic (exact) mass is 537 g/mol. The number of anilines is 1. The van der Waals surface area contributed by atoms with Gasteiger partial charge in [0.25, 0.3) is 5.91 Å². The maximum absolute atomic E-state index is 12.8. The highest BCUT2D eigenvalue weighted by Gasteiger charge is 2.17. The number of ether oxygens (including phenoxy) is 2. The second-order valence-corrected chi connectivity index (χ2v) is 9.65. The maximum atomic E-state index is 12.8. The van der Waals surface area contributed by atoms with E-state index in [1.165, 1.54) is 33.6 Å². The number of hydrogen-bond donors (Lipinski definition) is 3. The van der Waals surface area contributed by atoms with Crippen molar-refractivity contribution < 1.29 is 24.2 Å². The molecule has 1 saturated heterocycles. The van der Waals surface area contributed by atoms with Crippen molar-refractivity contribution in [2.24, 2.45) is 0 Å². The molecule has 38 heavy (non-hydrogen) atoms. The summed E-state index contributed by atoms with van der Waals surface area (Å²) in [6.07, 6.45) is 5.75. The third-order valence-electron chi connectivity index (χ3n) is 6.07. The number of amides is 2. The molecule has 200 valence electrons. The molecule has 1 aromatic carbocycles. The van der Waals surface area contributed by atoms with Crippen molar-refractivity contribution in [3.05, 3.63) is 64.6 Å². The van der Waals surface area contributed by atoms with Crippen molar-refractivity contribution >= 4 is 40.0 Å². The zero-order chi connectivity index (χ0) is 27.1. The fourth-order valence-electron chi connectivity index (χ4n) is 4.27. The lowest BCUT2D eigenvalue weighted by Crippen LogP contribution is -2.23. The zero-order valence-corrected chi connectivity index (χ0v) is 22.4. The average Bonchev–Trinajstić information content (AvgIpc) is 3.71. The van der Waals surface area contributed by atoms with Crippen LogP contribution in [0.25, 0.3) is 10.9 Å². The van der Waals surface area contributed by atoms with Crippen molar-refractivity contribution in [1.29, 1.82) is 0 Å². The standard InChI is InChI=1S/C26H27N5O4S.CH4O/c1-27-26(33)31-12-8-17-13-22(21(34-2)15-20(17)31)35-18-7-9-28-24(14-18)29-25(32)23-6-5-19(36-23)16-30-10-3-4-11-30;1-2/h5-9,12-15H,3-4,10-11,16H2,1-2H3,(H,27,33)(H,28,29,32);2H,1H3. The summed E-state index contributed by atoms with van der Waals surface area (Å²) in [5.41, 5.74) is 0.696. The molecular weight excluding hydrogens is 506 g/mol. The number of methoxy groups -OCH3 is 1. The van der Waals surface area contributed by atoms with E-state index in [9.17, 15) is 9.59 Å². The molecule has 4 heterocycles. The smallest absolute Gasteiger partial charge is 0.325 e. The molecule has 10 nitrogen and oxygen atoms in total.